The van der Waals surface area contributed by atoms with Crippen molar-refractivity contribution in [2.24, 2.45) is 0 Å². The number of nitro groups is 1. The van der Waals surface area contributed by atoms with E-state index in [-0.39, 0.29) is 33.1 Å². The van der Waals surface area contributed by atoms with Gasteiger partial charge in [-0.1, -0.05) is 11.3 Å². The van der Waals surface area contributed by atoms with Gasteiger partial charge in [0.25, 0.3) is 11.6 Å². The van der Waals surface area contributed by atoms with Crippen LogP contribution in [0, 0.1) is 21.7 Å². The molecule has 2 aromatic carbocycles. The second kappa shape index (κ2) is 8.56. The van der Waals surface area contributed by atoms with Crippen LogP contribution in [0.1, 0.15) is 16.8 Å². The lowest BCUT2D eigenvalue weighted by Gasteiger charge is -2.20. The Morgan fingerprint density at radius 3 is 2.68 bits per heavy atom. The Labute approximate surface area is 178 Å². The summed E-state index contributed by atoms with van der Waals surface area (Å²) >= 11 is 0.999. The molecule has 0 aliphatic rings. The number of amides is 1. The zero-order valence-corrected chi connectivity index (χ0v) is 16.8. The van der Waals surface area contributed by atoms with E-state index in [9.17, 15) is 23.7 Å². The lowest BCUT2D eigenvalue weighted by atomic mass is 10.2. The highest BCUT2D eigenvalue weighted by Crippen LogP contribution is 2.32. The number of imidazole rings is 1. The van der Waals surface area contributed by atoms with E-state index < -0.39 is 22.5 Å². The van der Waals surface area contributed by atoms with Crippen molar-refractivity contribution < 1.29 is 18.5 Å². The molecule has 0 unspecified atom stereocenters. The van der Waals surface area contributed by atoms with Crippen LogP contribution in [0.15, 0.2) is 55.1 Å². The van der Waals surface area contributed by atoms with E-state index in [1.807, 2.05) is 4.57 Å². The molecule has 0 atom stereocenters. The second-order valence-corrected chi connectivity index (χ2v) is 7.65. The van der Waals surface area contributed by atoms with Crippen molar-refractivity contribution in [1.82, 2.24) is 14.5 Å². The number of aromatic nitrogens is 3. The first kappa shape index (κ1) is 20.5. The summed E-state index contributed by atoms with van der Waals surface area (Å²) in [5, 5.41) is 11.1. The molecule has 0 spiro atoms. The molecule has 0 radical (unpaired) electrons. The number of nitrogens with zero attached hydrogens (tertiary/aromatic N) is 5. The average Bonchev–Trinajstić information content (AvgIpc) is 3.40. The van der Waals surface area contributed by atoms with Crippen LogP contribution in [-0.2, 0) is 6.54 Å². The summed E-state index contributed by atoms with van der Waals surface area (Å²) in [6.45, 7) is 0.829. The lowest BCUT2D eigenvalue weighted by Crippen LogP contribution is -2.32. The van der Waals surface area contributed by atoms with Gasteiger partial charge < -0.3 is 4.57 Å². The van der Waals surface area contributed by atoms with Crippen molar-refractivity contribution in [1.29, 1.82) is 0 Å². The molecule has 2 aromatic heterocycles. The number of thiazole rings is 1. The number of benzene rings is 2. The third-order valence-electron chi connectivity index (χ3n) is 4.56. The summed E-state index contributed by atoms with van der Waals surface area (Å²) in [4.78, 5) is 33.1. The first-order chi connectivity index (χ1) is 14.9. The fraction of sp³-hybridized carbons (Fsp3) is 0.150. The van der Waals surface area contributed by atoms with Gasteiger partial charge in [-0.15, -0.1) is 0 Å². The highest BCUT2D eigenvalue weighted by Gasteiger charge is 2.23. The molecule has 2 heterocycles. The fourth-order valence-electron chi connectivity index (χ4n) is 3.06. The van der Waals surface area contributed by atoms with E-state index in [1.54, 1.807) is 18.7 Å². The Morgan fingerprint density at radius 1 is 1.23 bits per heavy atom. The van der Waals surface area contributed by atoms with E-state index in [0.29, 0.717) is 13.0 Å². The van der Waals surface area contributed by atoms with Gasteiger partial charge in [0.1, 0.15) is 11.3 Å². The van der Waals surface area contributed by atoms with Crippen molar-refractivity contribution in [3.05, 3.63) is 82.4 Å². The molecule has 0 fully saturated rings. The van der Waals surface area contributed by atoms with E-state index >= 15 is 0 Å². The zero-order valence-electron chi connectivity index (χ0n) is 15.9. The number of fused-ring (bicyclic) bond motifs is 1. The Balaban J connectivity index is 1.65. The van der Waals surface area contributed by atoms with Crippen LogP contribution < -0.4 is 4.90 Å². The van der Waals surface area contributed by atoms with Gasteiger partial charge in [-0.05, 0) is 24.6 Å². The average molecular weight is 443 g/mol. The monoisotopic (exact) mass is 443 g/mol. The van der Waals surface area contributed by atoms with Crippen molar-refractivity contribution >= 4 is 38.3 Å². The first-order valence-corrected chi connectivity index (χ1v) is 10.0. The van der Waals surface area contributed by atoms with E-state index in [2.05, 4.69) is 9.97 Å². The molecular weight excluding hydrogens is 428 g/mol. The quantitative estimate of drug-likeness (QED) is 0.311. The molecule has 0 saturated carbocycles. The van der Waals surface area contributed by atoms with Crippen LogP contribution in [0.5, 0.6) is 0 Å². The summed E-state index contributed by atoms with van der Waals surface area (Å²) in [6.07, 6.45) is 5.63. The molecule has 0 aliphatic heterocycles. The van der Waals surface area contributed by atoms with E-state index in [1.165, 1.54) is 35.2 Å². The van der Waals surface area contributed by atoms with E-state index in [4.69, 9.17) is 0 Å². The van der Waals surface area contributed by atoms with Crippen LogP contribution in [0.4, 0.5) is 19.6 Å². The van der Waals surface area contributed by atoms with Crippen molar-refractivity contribution in [3.63, 3.8) is 0 Å². The van der Waals surface area contributed by atoms with Crippen LogP contribution in [0.25, 0.3) is 10.2 Å². The van der Waals surface area contributed by atoms with Gasteiger partial charge in [-0.3, -0.25) is 19.8 Å². The molecule has 4 rings (SSSR count). The van der Waals surface area contributed by atoms with Crippen LogP contribution in [0.2, 0.25) is 0 Å². The normalized spacial score (nSPS) is 11.0. The Bertz CT molecular complexity index is 1240. The van der Waals surface area contributed by atoms with E-state index in [0.717, 1.165) is 17.4 Å². The molecule has 1 amide bonds. The fourth-order valence-corrected chi connectivity index (χ4v) is 4.09. The van der Waals surface area contributed by atoms with Crippen LogP contribution in [0.3, 0.4) is 0 Å². The molecule has 0 N–H and O–H groups in total. The molecule has 11 heteroatoms. The van der Waals surface area contributed by atoms with Gasteiger partial charge in [-0.25, -0.2) is 18.7 Å². The molecular formula is C20H15F2N5O3S. The van der Waals surface area contributed by atoms with Gasteiger partial charge >= 0.3 is 0 Å². The Kier molecular flexibility index (Phi) is 5.67. The number of aryl methyl sites for hydroxylation is 1. The SMILES string of the molecule is O=C(c1ccc([N+](=O)[O-])cc1)N(CCCn1ccnc1)c1nc2c(F)cc(F)cc2s1. The number of carbonyl (C=O) groups is 1. The summed E-state index contributed by atoms with van der Waals surface area (Å²) in [5.41, 5.74) is 0.0670. The maximum atomic E-state index is 14.1. The minimum absolute atomic E-state index is 0.0162. The third-order valence-corrected chi connectivity index (χ3v) is 5.59. The highest BCUT2D eigenvalue weighted by atomic mass is 32.1. The minimum atomic E-state index is -0.807. The molecule has 8 nitrogen and oxygen atoms in total. The second-order valence-electron chi connectivity index (χ2n) is 6.65. The van der Waals surface area contributed by atoms with Crippen molar-refractivity contribution in [3.8, 4) is 0 Å². The lowest BCUT2D eigenvalue weighted by molar-refractivity contribution is -0.384. The summed E-state index contributed by atoms with van der Waals surface area (Å²) < 4.78 is 29.9. The number of halogens is 2. The number of anilines is 1. The molecule has 0 aliphatic carbocycles. The number of carbonyl (C=O) groups excluding carboxylic acids is 1. The van der Waals surface area contributed by atoms with Gasteiger partial charge in [0.15, 0.2) is 10.9 Å². The zero-order chi connectivity index (χ0) is 22.0. The topological polar surface area (TPSA) is 94.2 Å². The molecule has 0 bridgehead atoms. The first-order valence-electron chi connectivity index (χ1n) is 9.20. The standard InChI is InChI=1S/C20H15F2N5O3S/c21-14-10-16(22)18-17(11-14)31-20(24-18)26(8-1-7-25-9-6-23-12-25)19(28)13-2-4-15(5-3-13)27(29)30/h2-6,9-12H,1,7-8H2. The Hall–Kier alpha value is -3.73. The molecule has 0 saturated heterocycles. The van der Waals surface area contributed by atoms with Gasteiger partial charge in [0.05, 0.1) is 16.0 Å². The molecule has 158 valence electrons. The number of non-ortho nitro benzene ring substituents is 1. The number of nitro benzene ring substituents is 1. The summed E-state index contributed by atoms with van der Waals surface area (Å²) in [6, 6.07) is 7.11. The number of hydrogen-bond acceptors (Lipinski definition) is 6. The van der Waals surface area contributed by atoms with Gasteiger partial charge in [-0.2, -0.15) is 0 Å². The van der Waals surface area contributed by atoms with Gasteiger partial charge in [0.2, 0.25) is 0 Å². The molecule has 4 aromatic rings. The van der Waals surface area contributed by atoms with Crippen LogP contribution >= 0.6 is 11.3 Å². The summed E-state index contributed by atoms with van der Waals surface area (Å²) in [5.74, 6) is -1.98. The predicted molar refractivity (Wildman–Crippen MR) is 111 cm³/mol. The predicted octanol–water partition coefficient (Wildman–Crippen LogP) is 4.42. The summed E-state index contributed by atoms with van der Waals surface area (Å²) in [7, 11) is 0. The van der Waals surface area contributed by atoms with Gasteiger partial charge in [0, 0.05) is 49.2 Å². The largest absolute Gasteiger partial charge is 0.337 e. The minimum Gasteiger partial charge on any atom is -0.337 e. The maximum Gasteiger partial charge on any atom is 0.269 e. The third kappa shape index (κ3) is 4.40. The molecule has 31 heavy (non-hydrogen) atoms. The Morgan fingerprint density at radius 2 is 2.00 bits per heavy atom. The van der Waals surface area contributed by atoms with Crippen LogP contribution in [-0.4, -0.2) is 31.9 Å². The maximum absolute atomic E-state index is 14.1. The van der Waals surface area contributed by atoms with Crippen molar-refractivity contribution in [2.75, 3.05) is 11.4 Å². The smallest absolute Gasteiger partial charge is 0.269 e. The highest BCUT2D eigenvalue weighted by molar-refractivity contribution is 7.22. The number of rotatable bonds is 7. The van der Waals surface area contributed by atoms with Crippen molar-refractivity contribution in [2.45, 2.75) is 13.0 Å². The number of hydrogen-bond donors (Lipinski definition) is 0.